The summed E-state index contributed by atoms with van der Waals surface area (Å²) in [5, 5.41) is 8.11. The van der Waals surface area contributed by atoms with Gasteiger partial charge in [-0.25, -0.2) is 0 Å². The van der Waals surface area contributed by atoms with Crippen LogP contribution < -0.4 is 0 Å². The number of Topliss-reactive ketones (excluding diaryl/α,β-unsaturated/α-hetero) is 1. The van der Waals surface area contributed by atoms with Crippen LogP contribution in [0.1, 0.15) is 66.0 Å². The Labute approximate surface area is 174 Å². The largest absolute Gasteiger partial charge is 0.465 e. The predicted octanol–water partition coefficient (Wildman–Crippen LogP) is 3.44. The van der Waals surface area contributed by atoms with Gasteiger partial charge in [0.15, 0.2) is 5.78 Å². The molecular formula is C22H24N4O4. The van der Waals surface area contributed by atoms with E-state index in [1.165, 1.54) is 11.1 Å². The minimum atomic E-state index is -0.608. The van der Waals surface area contributed by atoms with Crippen molar-refractivity contribution in [3.8, 4) is 11.4 Å². The third kappa shape index (κ3) is 3.77. The Morgan fingerprint density at radius 2 is 2.17 bits per heavy atom. The molecule has 0 saturated carbocycles. The van der Waals surface area contributed by atoms with Gasteiger partial charge in [0.1, 0.15) is 11.6 Å². The first-order chi connectivity index (χ1) is 14.5. The lowest BCUT2D eigenvalue weighted by Gasteiger charge is -2.11. The van der Waals surface area contributed by atoms with Crippen LogP contribution in [0.15, 0.2) is 35.0 Å². The number of esters is 1. The van der Waals surface area contributed by atoms with Crippen LogP contribution in [0.5, 0.6) is 0 Å². The monoisotopic (exact) mass is 408 g/mol. The molecule has 8 heteroatoms. The van der Waals surface area contributed by atoms with Crippen LogP contribution in [0.25, 0.3) is 11.4 Å². The normalized spacial score (nSPS) is 16.3. The van der Waals surface area contributed by atoms with Gasteiger partial charge < -0.3 is 9.26 Å². The van der Waals surface area contributed by atoms with Gasteiger partial charge in [0, 0.05) is 25.2 Å². The Morgan fingerprint density at radius 1 is 1.33 bits per heavy atom. The second-order valence-electron chi connectivity index (χ2n) is 7.55. The molecule has 8 nitrogen and oxygen atoms in total. The molecule has 30 heavy (non-hydrogen) atoms. The molecule has 0 bridgehead atoms. The van der Waals surface area contributed by atoms with Gasteiger partial charge in [-0.1, -0.05) is 17.3 Å². The van der Waals surface area contributed by atoms with Crippen molar-refractivity contribution in [1.82, 2.24) is 19.9 Å². The molecule has 2 heterocycles. The van der Waals surface area contributed by atoms with Gasteiger partial charge in [-0.05, 0) is 55.9 Å². The highest BCUT2D eigenvalue weighted by molar-refractivity contribution is 5.95. The van der Waals surface area contributed by atoms with Crippen LogP contribution >= 0.6 is 0 Å². The highest BCUT2D eigenvalue weighted by Gasteiger charge is 2.27. The number of ketones is 1. The Morgan fingerprint density at radius 3 is 2.90 bits per heavy atom. The Kier molecular flexibility index (Phi) is 5.48. The van der Waals surface area contributed by atoms with Crippen molar-refractivity contribution >= 4 is 11.8 Å². The molecule has 1 aliphatic rings. The van der Waals surface area contributed by atoms with Crippen molar-refractivity contribution in [2.75, 3.05) is 6.61 Å². The SMILES string of the molecule is CCOC(=O)C(C)c1nc(-c2ccc3c(c2)CC[C@H]3CC(=O)c2ccnn2C)no1. The maximum atomic E-state index is 12.6. The van der Waals surface area contributed by atoms with Crippen LogP contribution in [0.4, 0.5) is 0 Å². The zero-order chi connectivity index (χ0) is 21.3. The number of ether oxygens (including phenoxy) is 1. The van der Waals surface area contributed by atoms with E-state index in [-0.39, 0.29) is 23.6 Å². The summed E-state index contributed by atoms with van der Waals surface area (Å²) in [6, 6.07) is 7.79. The van der Waals surface area contributed by atoms with Crippen molar-refractivity contribution in [1.29, 1.82) is 0 Å². The molecular weight excluding hydrogens is 384 g/mol. The summed E-state index contributed by atoms with van der Waals surface area (Å²) in [7, 11) is 1.78. The number of carbonyl (C=O) groups is 2. The lowest BCUT2D eigenvalue weighted by Crippen LogP contribution is -2.13. The molecule has 1 unspecified atom stereocenters. The summed E-state index contributed by atoms with van der Waals surface area (Å²) >= 11 is 0. The topological polar surface area (TPSA) is 100 Å². The standard InChI is InChI=1S/C22H24N4O4/c1-4-29-22(28)13(2)21-24-20(25-30-21)16-7-8-17-14(11-16)5-6-15(17)12-19(27)18-9-10-23-26(18)3/h7-11,13,15H,4-6,12H2,1-3H3/t13?,15-/m0/s1. The van der Waals surface area contributed by atoms with Crippen LogP contribution in [-0.4, -0.2) is 38.3 Å². The third-order valence-electron chi connectivity index (χ3n) is 5.59. The number of rotatable bonds is 7. The average Bonchev–Trinajstić information content (AvgIpc) is 3.47. The number of carbonyl (C=O) groups excluding carboxylic acids is 2. The lowest BCUT2D eigenvalue weighted by molar-refractivity contribution is -0.145. The molecule has 156 valence electrons. The highest BCUT2D eigenvalue weighted by atomic mass is 16.5. The molecule has 0 saturated heterocycles. The molecule has 2 atom stereocenters. The van der Waals surface area contributed by atoms with Gasteiger partial charge in [-0.3, -0.25) is 14.3 Å². The molecule has 4 rings (SSSR count). The summed E-state index contributed by atoms with van der Waals surface area (Å²) in [6.07, 6.45) is 3.94. The molecule has 1 aromatic carbocycles. The number of aryl methyl sites for hydroxylation is 2. The Hall–Kier alpha value is -3.29. The number of aromatic nitrogens is 4. The molecule has 0 aliphatic heterocycles. The predicted molar refractivity (Wildman–Crippen MR) is 108 cm³/mol. The van der Waals surface area contributed by atoms with Crippen LogP contribution in [-0.2, 0) is 23.0 Å². The van der Waals surface area contributed by atoms with Gasteiger partial charge in [-0.15, -0.1) is 0 Å². The zero-order valence-electron chi connectivity index (χ0n) is 17.3. The second kappa shape index (κ2) is 8.22. The van der Waals surface area contributed by atoms with Crippen molar-refractivity contribution in [3.05, 3.63) is 53.2 Å². The molecule has 0 radical (unpaired) electrons. The van der Waals surface area contributed by atoms with Gasteiger partial charge in [-0.2, -0.15) is 10.1 Å². The Bertz CT molecular complexity index is 1080. The third-order valence-corrected chi connectivity index (χ3v) is 5.59. The molecule has 1 aliphatic carbocycles. The summed E-state index contributed by atoms with van der Waals surface area (Å²) in [5.41, 5.74) is 3.85. The smallest absolute Gasteiger partial charge is 0.318 e. The molecule has 3 aromatic rings. The Balaban J connectivity index is 1.50. The number of nitrogens with zero attached hydrogens (tertiary/aromatic N) is 4. The van der Waals surface area contributed by atoms with Gasteiger partial charge >= 0.3 is 5.97 Å². The van der Waals surface area contributed by atoms with Crippen molar-refractivity contribution < 1.29 is 18.8 Å². The highest BCUT2D eigenvalue weighted by Crippen LogP contribution is 2.38. The fraction of sp³-hybridized carbons (Fsp3) is 0.409. The van der Waals surface area contributed by atoms with E-state index in [0.29, 0.717) is 24.5 Å². The van der Waals surface area contributed by atoms with Crippen molar-refractivity contribution in [3.63, 3.8) is 0 Å². The summed E-state index contributed by atoms with van der Waals surface area (Å²) in [5.74, 6) is -0.0126. The van der Waals surface area contributed by atoms with Crippen LogP contribution in [0.3, 0.4) is 0 Å². The molecule has 0 N–H and O–H groups in total. The first-order valence-electron chi connectivity index (χ1n) is 10.1. The number of benzene rings is 1. The van der Waals surface area contributed by atoms with E-state index in [1.807, 2.05) is 18.2 Å². The van der Waals surface area contributed by atoms with E-state index < -0.39 is 5.92 Å². The van der Waals surface area contributed by atoms with Gasteiger partial charge in [0.2, 0.25) is 11.7 Å². The minimum Gasteiger partial charge on any atom is -0.465 e. The van der Waals surface area contributed by atoms with E-state index in [2.05, 4.69) is 15.2 Å². The minimum absolute atomic E-state index is 0.104. The van der Waals surface area contributed by atoms with E-state index >= 15 is 0 Å². The quantitative estimate of drug-likeness (QED) is 0.436. The summed E-state index contributed by atoms with van der Waals surface area (Å²) in [4.78, 5) is 28.9. The number of hydrogen-bond acceptors (Lipinski definition) is 7. The lowest BCUT2D eigenvalue weighted by atomic mass is 9.94. The maximum Gasteiger partial charge on any atom is 0.318 e. The zero-order valence-corrected chi connectivity index (χ0v) is 17.3. The fourth-order valence-electron chi connectivity index (χ4n) is 3.93. The molecule has 0 spiro atoms. The second-order valence-corrected chi connectivity index (χ2v) is 7.55. The first-order valence-corrected chi connectivity index (χ1v) is 10.1. The molecule has 0 amide bonds. The van der Waals surface area contributed by atoms with E-state index in [0.717, 1.165) is 18.4 Å². The van der Waals surface area contributed by atoms with E-state index in [9.17, 15) is 9.59 Å². The number of fused-ring (bicyclic) bond motifs is 1. The summed E-state index contributed by atoms with van der Waals surface area (Å²) in [6.45, 7) is 3.74. The first kappa shape index (κ1) is 20.0. The van der Waals surface area contributed by atoms with E-state index in [1.54, 1.807) is 37.8 Å². The van der Waals surface area contributed by atoms with Crippen molar-refractivity contribution in [2.45, 2.75) is 44.9 Å². The maximum absolute atomic E-state index is 12.6. The van der Waals surface area contributed by atoms with Gasteiger partial charge in [0.05, 0.1) is 6.61 Å². The fourth-order valence-corrected chi connectivity index (χ4v) is 3.93. The molecule has 0 fully saturated rings. The van der Waals surface area contributed by atoms with Gasteiger partial charge in [0.25, 0.3) is 0 Å². The molecule has 2 aromatic heterocycles. The van der Waals surface area contributed by atoms with Crippen LogP contribution in [0.2, 0.25) is 0 Å². The average molecular weight is 408 g/mol. The van der Waals surface area contributed by atoms with Crippen molar-refractivity contribution in [2.24, 2.45) is 7.05 Å². The van der Waals surface area contributed by atoms with E-state index in [4.69, 9.17) is 9.26 Å². The summed E-state index contributed by atoms with van der Waals surface area (Å²) < 4.78 is 11.9. The van der Waals surface area contributed by atoms with Crippen LogP contribution in [0, 0.1) is 0 Å². The number of hydrogen-bond donors (Lipinski definition) is 0.